The molecule has 1 aromatic carbocycles. The number of carbonyl (C=O) groups excluding carboxylic acids is 1. The van der Waals surface area contributed by atoms with Crippen molar-refractivity contribution in [2.24, 2.45) is 0 Å². The minimum absolute atomic E-state index is 0.293. The summed E-state index contributed by atoms with van der Waals surface area (Å²) in [5.74, 6) is -0.808. The Morgan fingerprint density at radius 3 is 2.89 bits per heavy atom. The molecule has 0 saturated heterocycles. The molecule has 1 aromatic heterocycles. The van der Waals surface area contributed by atoms with Crippen molar-refractivity contribution in [1.82, 2.24) is 4.98 Å². The zero-order chi connectivity index (χ0) is 13.1. The molecule has 5 heteroatoms. The number of halogens is 2. The molecule has 18 heavy (non-hydrogen) atoms. The van der Waals surface area contributed by atoms with E-state index in [1.807, 2.05) is 0 Å². The third-order valence-electron chi connectivity index (χ3n) is 2.45. The highest BCUT2D eigenvalue weighted by molar-refractivity contribution is 9.10. The van der Waals surface area contributed by atoms with Crippen LogP contribution in [0.5, 0.6) is 0 Å². The van der Waals surface area contributed by atoms with Crippen LogP contribution < -0.4 is 0 Å². The second-order valence-corrected chi connectivity index (χ2v) is 4.47. The van der Waals surface area contributed by atoms with Gasteiger partial charge in [0, 0.05) is 21.8 Å². The van der Waals surface area contributed by atoms with Gasteiger partial charge in [-0.1, -0.05) is 15.9 Å². The molecule has 0 bridgehead atoms. The van der Waals surface area contributed by atoms with Crippen molar-refractivity contribution in [2.45, 2.75) is 6.92 Å². The summed E-state index contributed by atoms with van der Waals surface area (Å²) in [7, 11) is 0. The van der Waals surface area contributed by atoms with E-state index in [-0.39, 0.29) is 5.82 Å². The van der Waals surface area contributed by atoms with Crippen LogP contribution in [0.4, 0.5) is 4.39 Å². The van der Waals surface area contributed by atoms with Crippen molar-refractivity contribution in [3.63, 3.8) is 0 Å². The molecule has 1 heterocycles. The van der Waals surface area contributed by atoms with Gasteiger partial charge < -0.3 is 9.72 Å². The lowest BCUT2D eigenvalue weighted by Crippen LogP contribution is -2.06. The van der Waals surface area contributed by atoms with Crippen LogP contribution in [0, 0.1) is 5.82 Å². The van der Waals surface area contributed by atoms with Gasteiger partial charge in [0.2, 0.25) is 0 Å². The molecule has 0 spiro atoms. The number of nitrogens with one attached hydrogen (secondary N) is 1. The fourth-order valence-electron chi connectivity index (χ4n) is 1.67. The number of hydrogen-bond donors (Lipinski definition) is 1. The Balaban J connectivity index is 2.48. The third kappa shape index (κ3) is 2.46. The summed E-state index contributed by atoms with van der Waals surface area (Å²) < 4.78 is 18.9. The van der Waals surface area contributed by atoms with Gasteiger partial charge >= 0.3 is 5.97 Å². The average molecular weight is 312 g/mol. The van der Waals surface area contributed by atoms with Gasteiger partial charge in [0.15, 0.2) is 0 Å². The number of aromatic amines is 1. The van der Waals surface area contributed by atoms with Gasteiger partial charge in [0.1, 0.15) is 11.5 Å². The van der Waals surface area contributed by atoms with Crippen molar-refractivity contribution < 1.29 is 13.9 Å². The van der Waals surface area contributed by atoms with Gasteiger partial charge in [-0.15, -0.1) is 0 Å². The third-order valence-corrected chi connectivity index (χ3v) is 3.14. The molecule has 0 unspecified atom stereocenters. The lowest BCUT2D eigenvalue weighted by atomic mass is 10.1. The number of hydrogen-bond acceptors (Lipinski definition) is 2. The number of rotatable bonds is 3. The van der Waals surface area contributed by atoms with E-state index in [2.05, 4.69) is 20.9 Å². The van der Waals surface area contributed by atoms with Crippen molar-refractivity contribution in [1.29, 1.82) is 0 Å². The molecule has 0 atom stereocenters. The van der Waals surface area contributed by atoms with Crippen LogP contribution in [0.15, 0.2) is 34.9 Å². The van der Waals surface area contributed by atoms with E-state index >= 15 is 0 Å². The molecule has 2 rings (SSSR count). The number of esters is 1. The van der Waals surface area contributed by atoms with Crippen LogP contribution in [0.25, 0.3) is 11.1 Å². The summed E-state index contributed by atoms with van der Waals surface area (Å²) >= 11 is 3.34. The van der Waals surface area contributed by atoms with Crippen molar-refractivity contribution >= 4 is 21.9 Å². The number of aromatic nitrogens is 1. The first-order chi connectivity index (χ1) is 8.63. The summed E-state index contributed by atoms with van der Waals surface area (Å²) in [5.41, 5.74) is 1.54. The van der Waals surface area contributed by atoms with Crippen LogP contribution in [0.2, 0.25) is 0 Å². The molecule has 0 aliphatic rings. The van der Waals surface area contributed by atoms with Crippen LogP contribution in [0.1, 0.15) is 17.4 Å². The zero-order valence-electron chi connectivity index (χ0n) is 9.67. The molecule has 2 aromatic rings. The fraction of sp³-hybridized carbons (Fsp3) is 0.154. The minimum Gasteiger partial charge on any atom is -0.461 e. The van der Waals surface area contributed by atoms with E-state index in [0.29, 0.717) is 27.9 Å². The second-order valence-electron chi connectivity index (χ2n) is 3.61. The van der Waals surface area contributed by atoms with Gasteiger partial charge in [-0.25, -0.2) is 9.18 Å². The highest BCUT2D eigenvalue weighted by Gasteiger charge is 2.17. The summed E-state index contributed by atoms with van der Waals surface area (Å²) in [5, 5.41) is 0. The van der Waals surface area contributed by atoms with Gasteiger partial charge in [-0.3, -0.25) is 0 Å². The molecule has 94 valence electrons. The highest BCUT2D eigenvalue weighted by atomic mass is 79.9. The topological polar surface area (TPSA) is 42.1 Å². The molecule has 3 nitrogen and oxygen atoms in total. The molecular weight excluding hydrogens is 301 g/mol. The molecule has 0 aliphatic carbocycles. The average Bonchev–Trinajstić information content (AvgIpc) is 2.81. The van der Waals surface area contributed by atoms with E-state index in [0.717, 1.165) is 0 Å². The Morgan fingerprint density at radius 2 is 2.17 bits per heavy atom. The van der Waals surface area contributed by atoms with Crippen LogP contribution in [0.3, 0.4) is 0 Å². The Labute approximate surface area is 112 Å². The smallest absolute Gasteiger partial charge is 0.355 e. The van der Waals surface area contributed by atoms with Gasteiger partial charge in [-0.05, 0) is 31.2 Å². The van der Waals surface area contributed by atoms with E-state index in [9.17, 15) is 9.18 Å². The lowest BCUT2D eigenvalue weighted by Gasteiger charge is -2.06. The van der Waals surface area contributed by atoms with E-state index in [1.165, 1.54) is 12.1 Å². The molecular formula is C13H11BrFNO2. The quantitative estimate of drug-likeness (QED) is 0.877. The van der Waals surface area contributed by atoms with Crippen LogP contribution in [-0.2, 0) is 4.74 Å². The van der Waals surface area contributed by atoms with Crippen LogP contribution in [-0.4, -0.2) is 17.6 Å². The highest BCUT2D eigenvalue weighted by Crippen LogP contribution is 2.31. The standard InChI is InChI=1S/C13H11BrFNO2/c1-2-18-13(17)12-9(5-6-16-12)10-7-8(15)3-4-11(10)14/h3-7,16H,2H2,1H3. The predicted octanol–water partition coefficient (Wildman–Crippen LogP) is 3.76. The number of carbonyl (C=O) groups is 1. The van der Waals surface area contributed by atoms with E-state index in [4.69, 9.17) is 4.74 Å². The number of benzene rings is 1. The predicted molar refractivity (Wildman–Crippen MR) is 69.8 cm³/mol. The summed E-state index contributed by atoms with van der Waals surface area (Å²) in [6.45, 7) is 2.03. The molecule has 0 aliphatic heterocycles. The van der Waals surface area contributed by atoms with Crippen LogP contribution >= 0.6 is 15.9 Å². The lowest BCUT2D eigenvalue weighted by molar-refractivity contribution is 0.0521. The monoisotopic (exact) mass is 311 g/mol. The Morgan fingerprint density at radius 1 is 1.39 bits per heavy atom. The summed E-state index contributed by atoms with van der Waals surface area (Å²) in [4.78, 5) is 14.6. The molecule has 0 radical (unpaired) electrons. The SMILES string of the molecule is CCOC(=O)c1[nH]ccc1-c1cc(F)ccc1Br. The molecule has 0 fully saturated rings. The van der Waals surface area contributed by atoms with Gasteiger partial charge in [-0.2, -0.15) is 0 Å². The Kier molecular flexibility index (Phi) is 3.81. The maximum atomic E-state index is 13.3. The zero-order valence-corrected chi connectivity index (χ0v) is 11.3. The first kappa shape index (κ1) is 12.8. The van der Waals surface area contributed by atoms with E-state index < -0.39 is 5.97 Å². The summed E-state index contributed by atoms with van der Waals surface area (Å²) in [6.07, 6.45) is 1.62. The molecule has 0 saturated carbocycles. The molecule has 1 N–H and O–H groups in total. The summed E-state index contributed by atoms with van der Waals surface area (Å²) in [6, 6.07) is 6.04. The van der Waals surface area contributed by atoms with Crippen molar-refractivity contribution in [2.75, 3.05) is 6.61 Å². The largest absolute Gasteiger partial charge is 0.461 e. The van der Waals surface area contributed by atoms with E-state index in [1.54, 1.807) is 25.3 Å². The number of ether oxygens (including phenoxy) is 1. The van der Waals surface area contributed by atoms with Crippen molar-refractivity contribution in [3.8, 4) is 11.1 Å². The maximum Gasteiger partial charge on any atom is 0.355 e. The molecule has 0 amide bonds. The minimum atomic E-state index is -0.450. The number of H-pyrrole nitrogens is 1. The first-order valence-corrected chi connectivity index (χ1v) is 6.22. The normalized spacial score (nSPS) is 10.4. The fourth-order valence-corrected chi connectivity index (χ4v) is 2.13. The van der Waals surface area contributed by atoms with Gasteiger partial charge in [0.25, 0.3) is 0 Å². The first-order valence-electron chi connectivity index (χ1n) is 5.43. The Bertz CT molecular complexity index is 580. The van der Waals surface area contributed by atoms with Crippen molar-refractivity contribution in [3.05, 3.63) is 46.4 Å². The second kappa shape index (κ2) is 5.35. The Hall–Kier alpha value is -1.62. The maximum absolute atomic E-state index is 13.3. The van der Waals surface area contributed by atoms with Gasteiger partial charge in [0.05, 0.1) is 6.61 Å².